The van der Waals surface area contributed by atoms with Crippen LogP contribution in [0.2, 0.25) is 0 Å². The maximum atomic E-state index is 12.7. The number of carboxylic acids is 1. The van der Waals surface area contributed by atoms with E-state index in [1.807, 2.05) is 6.26 Å². The van der Waals surface area contributed by atoms with Gasteiger partial charge in [-0.3, -0.25) is 9.59 Å². The molecule has 2 rings (SSSR count). The topological polar surface area (TPSA) is 109 Å². The number of thioether (sulfide) groups is 1. The van der Waals surface area contributed by atoms with Crippen molar-refractivity contribution in [3.05, 3.63) is 64.2 Å². The van der Waals surface area contributed by atoms with E-state index in [2.05, 4.69) is 26.6 Å². The van der Waals surface area contributed by atoms with Crippen LogP contribution in [0.4, 0.5) is 0 Å². The van der Waals surface area contributed by atoms with Crippen LogP contribution in [0.25, 0.3) is 6.08 Å². The number of hydrogen-bond acceptors (Lipinski definition) is 5. The van der Waals surface area contributed by atoms with E-state index in [1.165, 1.54) is 24.1 Å². The van der Waals surface area contributed by atoms with E-state index in [1.54, 1.807) is 36.4 Å². The lowest BCUT2D eigenvalue weighted by Gasteiger charge is -2.16. The van der Waals surface area contributed by atoms with Crippen molar-refractivity contribution in [1.29, 1.82) is 0 Å². The first-order valence-electron chi connectivity index (χ1n) is 8.25. The molecule has 1 aromatic heterocycles. The second kappa shape index (κ2) is 10.7. The van der Waals surface area contributed by atoms with Gasteiger partial charge in [-0.1, -0.05) is 15.9 Å². The molecule has 28 heavy (non-hydrogen) atoms. The number of furan rings is 1. The van der Waals surface area contributed by atoms with E-state index in [9.17, 15) is 19.5 Å². The summed E-state index contributed by atoms with van der Waals surface area (Å²) in [6, 6.07) is 8.78. The highest BCUT2D eigenvalue weighted by molar-refractivity contribution is 9.10. The third kappa shape index (κ3) is 6.58. The Balaban J connectivity index is 2.21. The van der Waals surface area contributed by atoms with Crippen LogP contribution in [0.3, 0.4) is 0 Å². The summed E-state index contributed by atoms with van der Waals surface area (Å²) in [6.07, 6.45) is 4.88. The molecule has 2 aromatic rings. The third-order valence-electron chi connectivity index (χ3n) is 3.64. The molecule has 0 radical (unpaired) electrons. The molecule has 0 spiro atoms. The van der Waals surface area contributed by atoms with Crippen molar-refractivity contribution in [3.63, 3.8) is 0 Å². The van der Waals surface area contributed by atoms with Crippen molar-refractivity contribution < 1.29 is 23.9 Å². The zero-order valence-corrected chi connectivity index (χ0v) is 17.4. The number of carbonyl (C=O) groups excluding carboxylic acids is 2. The number of hydrogen-bond donors (Lipinski definition) is 3. The van der Waals surface area contributed by atoms with Crippen molar-refractivity contribution in [3.8, 4) is 0 Å². The zero-order valence-electron chi connectivity index (χ0n) is 15.0. The van der Waals surface area contributed by atoms with Gasteiger partial charge in [0.25, 0.3) is 11.8 Å². The Labute approximate surface area is 174 Å². The van der Waals surface area contributed by atoms with Crippen molar-refractivity contribution >= 4 is 51.6 Å². The Morgan fingerprint density at radius 3 is 2.54 bits per heavy atom. The summed E-state index contributed by atoms with van der Waals surface area (Å²) in [4.78, 5) is 36.6. The first-order valence-corrected chi connectivity index (χ1v) is 10.4. The Morgan fingerprint density at radius 2 is 1.96 bits per heavy atom. The number of rotatable bonds is 9. The second-order valence-electron chi connectivity index (χ2n) is 5.68. The molecule has 0 saturated carbocycles. The quantitative estimate of drug-likeness (QED) is 0.489. The molecular weight excluding hydrogens is 448 g/mol. The van der Waals surface area contributed by atoms with Gasteiger partial charge in [0.1, 0.15) is 17.5 Å². The highest BCUT2D eigenvalue weighted by atomic mass is 79.9. The minimum Gasteiger partial charge on any atom is -0.480 e. The fourth-order valence-corrected chi connectivity index (χ4v) is 2.93. The average Bonchev–Trinajstić information content (AvgIpc) is 3.17. The highest BCUT2D eigenvalue weighted by Crippen LogP contribution is 2.12. The molecule has 0 unspecified atom stereocenters. The van der Waals surface area contributed by atoms with Gasteiger partial charge in [0, 0.05) is 16.1 Å². The molecule has 0 aliphatic carbocycles. The van der Waals surface area contributed by atoms with Gasteiger partial charge >= 0.3 is 5.97 Å². The summed E-state index contributed by atoms with van der Waals surface area (Å²) < 4.78 is 6.01. The lowest BCUT2D eigenvalue weighted by Crippen LogP contribution is -2.44. The average molecular weight is 467 g/mol. The maximum absolute atomic E-state index is 12.7. The molecule has 3 N–H and O–H groups in total. The molecule has 2 amide bonds. The predicted molar refractivity (Wildman–Crippen MR) is 111 cm³/mol. The number of halogens is 1. The van der Waals surface area contributed by atoms with Gasteiger partial charge in [0.15, 0.2) is 0 Å². The lowest BCUT2D eigenvalue weighted by atomic mass is 10.2. The summed E-state index contributed by atoms with van der Waals surface area (Å²) in [5.74, 6) is -1.44. The van der Waals surface area contributed by atoms with Crippen LogP contribution in [-0.4, -0.2) is 40.9 Å². The van der Waals surface area contributed by atoms with Gasteiger partial charge in [0.05, 0.1) is 6.26 Å². The van der Waals surface area contributed by atoms with Crippen molar-refractivity contribution in [2.45, 2.75) is 12.5 Å². The van der Waals surface area contributed by atoms with Gasteiger partial charge in [0.2, 0.25) is 0 Å². The molecule has 0 fully saturated rings. The minimum atomic E-state index is -1.14. The first-order chi connectivity index (χ1) is 13.4. The van der Waals surface area contributed by atoms with Crippen LogP contribution >= 0.6 is 27.7 Å². The maximum Gasteiger partial charge on any atom is 0.326 e. The van der Waals surface area contributed by atoms with Crippen LogP contribution < -0.4 is 10.6 Å². The summed E-state index contributed by atoms with van der Waals surface area (Å²) in [5.41, 5.74) is 0.233. The molecule has 9 heteroatoms. The lowest BCUT2D eigenvalue weighted by molar-refractivity contribution is -0.141. The van der Waals surface area contributed by atoms with Crippen LogP contribution in [0.1, 0.15) is 22.5 Å². The summed E-state index contributed by atoms with van der Waals surface area (Å²) >= 11 is 4.77. The molecule has 1 heterocycles. The van der Waals surface area contributed by atoms with Crippen molar-refractivity contribution in [2.75, 3.05) is 12.0 Å². The van der Waals surface area contributed by atoms with Crippen molar-refractivity contribution in [2.24, 2.45) is 0 Å². The molecule has 148 valence electrons. The Hall–Kier alpha value is -2.52. The number of carbonyl (C=O) groups is 3. The number of nitrogens with one attached hydrogen (secondary N) is 2. The Morgan fingerprint density at radius 1 is 1.25 bits per heavy atom. The van der Waals surface area contributed by atoms with Gasteiger partial charge in [-0.2, -0.15) is 11.8 Å². The normalized spacial score (nSPS) is 12.3. The minimum absolute atomic E-state index is 0.113. The van der Waals surface area contributed by atoms with Crippen LogP contribution in [-0.2, 0) is 9.59 Å². The largest absolute Gasteiger partial charge is 0.480 e. The van der Waals surface area contributed by atoms with E-state index in [4.69, 9.17) is 4.42 Å². The molecule has 0 aliphatic heterocycles. The number of carboxylic acid groups (broad SMARTS) is 1. The molecule has 0 saturated heterocycles. The fraction of sp³-hybridized carbons (Fsp3) is 0.211. The molecular formula is C19H19BrN2O5S. The number of amides is 2. The molecule has 1 aromatic carbocycles. The second-order valence-corrected chi connectivity index (χ2v) is 7.58. The highest BCUT2D eigenvalue weighted by Gasteiger charge is 2.23. The fourth-order valence-electron chi connectivity index (χ4n) is 2.20. The van der Waals surface area contributed by atoms with E-state index in [0.717, 1.165) is 4.47 Å². The first kappa shape index (κ1) is 21.8. The SMILES string of the molecule is CSCC[C@@H](NC(=O)/C(=C\c1ccco1)NC(=O)c1ccc(Br)cc1)C(=O)O. The smallest absolute Gasteiger partial charge is 0.326 e. The third-order valence-corrected chi connectivity index (χ3v) is 4.82. The molecule has 0 aliphatic rings. The van der Waals surface area contributed by atoms with E-state index >= 15 is 0 Å². The summed E-state index contributed by atoms with van der Waals surface area (Å²) in [7, 11) is 0. The Bertz CT molecular complexity index is 850. The van der Waals surface area contributed by atoms with Gasteiger partial charge in [-0.15, -0.1) is 0 Å². The van der Waals surface area contributed by atoms with Crippen molar-refractivity contribution in [1.82, 2.24) is 10.6 Å². The number of benzene rings is 1. The van der Waals surface area contributed by atoms with E-state index in [-0.39, 0.29) is 12.1 Å². The van der Waals surface area contributed by atoms with E-state index < -0.39 is 23.8 Å². The zero-order chi connectivity index (χ0) is 20.5. The summed E-state index contributed by atoms with van der Waals surface area (Å²) in [6.45, 7) is 0. The van der Waals surface area contributed by atoms with Gasteiger partial charge in [-0.25, -0.2) is 4.79 Å². The van der Waals surface area contributed by atoms with Crippen LogP contribution in [0.15, 0.2) is 57.2 Å². The predicted octanol–water partition coefficient (Wildman–Crippen LogP) is 3.14. The monoisotopic (exact) mass is 466 g/mol. The molecule has 0 bridgehead atoms. The number of aliphatic carboxylic acids is 1. The van der Waals surface area contributed by atoms with Crippen LogP contribution in [0.5, 0.6) is 0 Å². The van der Waals surface area contributed by atoms with Crippen LogP contribution in [0, 0.1) is 0 Å². The van der Waals surface area contributed by atoms with Gasteiger partial charge < -0.3 is 20.2 Å². The van der Waals surface area contributed by atoms with Gasteiger partial charge in [-0.05, 0) is 54.8 Å². The Kier molecular flexibility index (Phi) is 8.34. The summed E-state index contributed by atoms with van der Waals surface area (Å²) in [5, 5.41) is 14.3. The standard InChI is InChI=1S/C19H19BrN2O5S/c1-28-10-8-15(19(25)26)21-18(24)16(11-14-3-2-9-27-14)22-17(23)12-4-6-13(20)7-5-12/h2-7,9,11,15H,8,10H2,1H3,(H,21,24)(H,22,23)(H,25,26)/b16-11+/t15-/m1/s1. The molecule has 1 atom stereocenters. The van der Waals surface area contributed by atoms with E-state index in [0.29, 0.717) is 17.1 Å². The molecule has 7 nitrogen and oxygen atoms in total.